The first-order chi connectivity index (χ1) is 28.2. The van der Waals surface area contributed by atoms with Crippen LogP contribution in [0.4, 0.5) is 0 Å². The molecule has 0 fully saturated rings. The quantitative estimate of drug-likeness (QED) is 0.133. The Hall–Kier alpha value is -7.42. The van der Waals surface area contributed by atoms with Crippen molar-refractivity contribution in [3.63, 3.8) is 0 Å². The number of aromatic nitrogens is 2. The minimum absolute atomic E-state index is 0.897. The molecule has 11 rings (SSSR count). The van der Waals surface area contributed by atoms with Gasteiger partial charge in [0.25, 0.3) is 0 Å². The summed E-state index contributed by atoms with van der Waals surface area (Å²) in [4.78, 5) is 9.50. The molecular weight excluding hydrogens is 689 g/mol. The van der Waals surface area contributed by atoms with Crippen molar-refractivity contribution in [1.82, 2.24) is 9.97 Å². The lowest BCUT2D eigenvalue weighted by Crippen LogP contribution is -1.91. The molecule has 1 aromatic heterocycles. The van der Waals surface area contributed by atoms with Crippen LogP contribution in [0.5, 0.6) is 0 Å². The highest BCUT2D eigenvalue weighted by molar-refractivity contribution is 6.27. The average molecular weight is 727 g/mol. The highest BCUT2D eigenvalue weighted by atomic mass is 14.8. The largest absolute Gasteiger partial charge is 0.236 e. The first kappa shape index (κ1) is 34.1. The summed E-state index contributed by atoms with van der Waals surface area (Å²) in [5.74, 6) is 0. The summed E-state index contributed by atoms with van der Waals surface area (Å²) in [6.45, 7) is 5.25. The third-order valence-corrected chi connectivity index (χ3v) is 11.1. The molecule has 2 heteroatoms. The highest BCUT2D eigenvalue weighted by Crippen LogP contribution is 2.39. The Kier molecular flexibility index (Phi) is 8.58. The molecule has 0 atom stereocenters. The lowest BCUT2D eigenvalue weighted by atomic mass is 9.91. The molecule has 1 heterocycles. The summed E-state index contributed by atoms with van der Waals surface area (Å²) >= 11 is 0. The van der Waals surface area contributed by atoms with Crippen LogP contribution in [-0.4, -0.2) is 9.97 Å². The smallest absolute Gasteiger partial charge is 0.116 e. The monoisotopic (exact) mass is 726 g/mol. The number of benzene rings is 10. The Morgan fingerprint density at radius 3 is 0.930 bits per heavy atom. The van der Waals surface area contributed by atoms with Crippen molar-refractivity contribution in [2.45, 2.75) is 6.92 Å². The van der Waals surface area contributed by atoms with Gasteiger partial charge >= 0.3 is 0 Å². The summed E-state index contributed by atoms with van der Waals surface area (Å²) in [6, 6.07) is 68.2. The third kappa shape index (κ3) is 6.00. The molecule has 0 amide bonds. The molecule has 268 valence electrons. The maximum Gasteiger partial charge on any atom is 0.116 e. The van der Waals surface area contributed by atoms with Crippen LogP contribution >= 0.6 is 0 Å². The molecule has 0 saturated carbocycles. The molecule has 57 heavy (non-hydrogen) atoms. The summed E-state index contributed by atoms with van der Waals surface area (Å²) in [5.41, 5.74) is 8.59. The molecule has 2 nitrogen and oxygen atoms in total. The maximum absolute atomic E-state index is 4.75. The molecular formula is C55H38N2. The van der Waals surface area contributed by atoms with Crippen LogP contribution in [0.2, 0.25) is 0 Å². The molecule has 0 bridgehead atoms. The second kappa shape index (κ2) is 14.3. The van der Waals surface area contributed by atoms with E-state index in [0.717, 1.165) is 33.6 Å². The molecule has 0 aliphatic rings. The SMILES string of the molecule is C=CC.c1cc(-c2ccc3c4ccccc4c4ccccc4c3c2)cc(-c2cc(-c3cccc(-c4ccc5c6ccccc6c6ccccc6c5c4)c3)ncn2)c1. The van der Waals surface area contributed by atoms with Gasteiger partial charge in [-0.25, -0.2) is 9.97 Å². The van der Waals surface area contributed by atoms with Gasteiger partial charge < -0.3 is 0 Å². The van der Waals surface area contributed by atoms with Crippen LogP contribution in [0.25, 0.3) is 109 Å². The van der Waals surface area contributed by atoms with Gasteiger partial charge in [0.05, 0.1) is 11.4 Å². The lowest BCUT2D eigenvalue weighted by molar-refractivity contribution is 1.18. The predicted molar refractivity (Wildman–Crippen MR) is 245 cm³/mol. The molecule has 0 N–H and O–H groups in total. The van der Waals surface area contributed by atoms with Gasteiger partial charge in [-0.2, -0.15) is 0 Å². The van der Waals surface area contributed by atoms with Gasteiger partial charge in [-0.1, -0.05) is 164 Å². The first-order valence-corrected chi connectivity index (χ1v) is 19.5. The van der Waals surface area contributed by atoms with Crippen LogP contribution in [0.3, 0.4) is 0 Å². The second-order valence-electron chi connectivity index (χ2n) is 14.6. The molecule has 11 aromatic rings. The zero-order chi connectivity index (χ0) is 38.3. The summed E-state index contributed by atoms with van der Waals surface area (Å²) in [7, 11) is 0. The van der Waals surface area contributed by atoms with Crippen LogP contribution in [0, 0.1) is 0 Å². The van der Waals surface area contributed by atoms with Crippen molar-refractivity contribution in [2.24, 2.45) is 0 Å². The van der Waals surface area contributed by atoms with Crippen molar-refractivity contribution >= 4 is 64.6 Å². The number of nitrogens with zero attached hydrogens (tertiary/aromatic N) is 2. The van der Waals surface area contributed by atoms with Gasteiger partial charge in [-0.15, -0.1) is 6.58 Å². The third-order valence-electron chi connectivity index (χ3n) is 11.1. The van der Waals surface area contributed by atoms with E-state index in [-0.39, 0.29) is 0 Å². The van der Waals surface area contributed by atoms with Gasteiger partial charge in [0, 0.05) is 11.1 Å². The first-order valence-electron chi connectivity index (χ1n) is 19.5. The fourth-order valence-electron chi connectivity index (χ4n) is 8.56. The van der Waals surface area contributed by atoms with Gasteiger partial charge in [0.2, 0.25) is 0 Å². The number of fused-ring (bicyclic) bond motifs is 12. The molecule has 0 unspecified atom stereocenters. The normalized spacial score (nSPS) is 11.3. The maximum atomic E-state index is 4.75. The zero-order valence-corrected chi connectivity index (χ0v) is 31.7. The predicted octanol–water partition coefficient (Wildman–Crippen LogP) is 15.3. The fraction of sp³-hybridized carbons (Fsp3) is 0.0182. The van der Waals surface area contributed by atoms with Gasteiger partial charge in [-0.05, 0) is 124 Å². The Balaban J connectivity index is 0.00000128. The fourth-order valence-corrected chi connectivity index (χ4v) is 8.56. The van der Waals surface area contributed by atoms with Crippen molar-refractivity contribution in [3.8, 4) is 44.8 Å². The van der Waals surface area contributed by atoms with E-state index in [1.165, 1.54) is 75.8 Å². The summed E-state index contributed by atoms with van der Waals surface area (Å²) in [5, 5.41) is 15.4. The van der Waals surface area contributed by atoms with E-state index in [0.29, 0.717) is 0 Å². The second-order valence-corrected chi connectivity index (χ2v) is 14.6. The van der Waals surface area contributed by atoms with E-state index in [9.17, 15) is 0 Å². The number of rotatable bonds is 4. The van der Waals surface area contributed by atoms with Gasteiger partial charge in [0.15, 0.2) is 0 Å². The molecule has 0 aliphatic heterocycles. The van der Waals surface area contributed by atoms with Crippen molar-refractivity contribution < 1.29 is 0 Å². The zero-order valence-electron chi connectivity index (χ0n) is 31.7. The average Bonchev–Trinajstić information content (AvgIpc) is 3.29. The lowest BCUT2D eigenvalue weighted by Gasteiger charge is -2.13. The van der Waals surface area contributed by atoms with Crippen LogP contribution in [0.1, 0.15) is 6.92 Å². The Morgan fingerprint density at radius 2 is 0.579 bits per heavy atom. The van der Waals surface area contributed by atoms with Crippen molar-refractivity contribution in [1.29, 1.82) is 0 Å². The molecule has 0 saturated heterocycles. The Morgan fingerprint density at radius 1 is 0.298 bits per heavy atom. The summed E-state index contributed by atoms with van der Waals surface area (Å²) in [6.07, 6.45) is 3.44. The molecule has 0 radical (unpaired) electrons. The Labute approximate surface area is 332 Å². The Bertz CT molecular complexity index is 3050. The van der Waals surface area contributed by atoms with E-state index in [1.54, 1.807) is 12.4 Å². The van der Waals surface area contributed by atoms with E-state index in [1.807, 2.05) is 6.92 Å². The number of hydrogen-bond acceptors (Lipinski definition) is 2. The standard InChI is InChI=1S/C52H32N2.C3H6/c1-3-19-43-39(15-1)41-17-5-7-21-45(41)49-29-35(23-25-47(43)49)33-11-9-13-37(27-33)51-31-52(54-32-53-51)38-14-10-12-34(28-38)36-24-26-48-44-20-4-2-16-40(44)42-18-6-8-22-46(42)50(48)30-36;1-3-2/h1-32H;3H,1H2,2H3. The molecule has 0 spiro atoms. The number of allylic oxidation sites excluding steroid dienone is 1. The molecule has 0 aliphatic carbocycles. The minimum atomic E-state index is 0.897. The van der Waals surface area contributed by atoms with Crippen molar-refractivity contribution in [3.05, 3.63) is 207 Å². The van der Waals surface area contributed by atoms with Gasteiger partial charge in [0.1, 0.15) is 6.33 Å². The number of hydrogen-bond donors (Lipinski definition) is 0. The van der Waals surface area contributed by atoms with E-state index in [4.69, 9.17) is 9.97 Å². The summed E-state index contributed by atoms with van der Waals surface area (Å²) < 4.78 is 0. The van der Waals surface area contributed by atoms with Crippen LogP contribution < -0.4 is 0 Å². The van der Waals surface area contributed by atoms with Crippen LogP contribution in [0.15, 0.2) is 207 Å². The van der Waals surface area contributed by atoms with E-state index in [2.05, 4.69) is 195 Å². The van der Waals surface area contributed by atoms with E-state index >= 15 is 0 Å². The van der Waals surface area contributed by atoms with Gasteiger partial charge in [-0.3, -0.25) is 0 Å². The highest BCUT2D eigenvalue weighted by Gasteiger charge is 2.13. The minimum Gasteiger partial charge on any atom is -0.236 e. The van der Waals surface area contributed by atoms with Crippen LogP contribution in [-0.2, 0) is 0 Å². The van der Waals surface area contributed by atoms with E-state index < -0.39 is 0 Å². The topological polar surface area (TPSA) is 25.8 Å². The van der Waals surface area contributed by atoms with Crippen molar-refractivity contribution in [2.75, 3.05) is 0 Å². The molecule has 10 aromatic carbocycles.